The molecule has 1 aromatic carbocycles. The van der Waals surface area contributed by atoms with Crippen molar-refractivity contribution in [1.29, 1.82) is 0 Å². The summed E-state index contributed by atoms with van der Waals surface area (Å²) in [5.41, 5.74) is 8.24. The first-order chi connectivity index (χ1) is 9.48. The van der Waals surface area contributed by atoms with Crippen molar-refractivity contribution in [2.24, 2.45) is 17.6 Å². The second-order valence-electron chi connectivity index (χ2n) is 6.93. The summed E-state index contributed by atoms with van der Waals surface area (Å²) in [7, 11) is 0. The quantitative estimate of drug-likeness (QED) is 0.850. The van der Waals surface area contributed by atoms with Crippen molar-refractivity contribution in [2.75, 3.05) is 13.1 Å². The minimum atomic E-state index is -0.722. The molecule has 1 aliphatic carbocycles. The molecular formula is C17H24N2O. The van der Waals surface area contributed by atoms with Gasteiger partial charge in [0.2, 0.25) is 5.91 Å². The third-order valence-electron chi connectivity index (χ3n) is 4.71. The van der Waals surface area contributed by atoms with E-state index in [4.69, 9.17) is 5.73 Å². The van der Waals surface area contributed by atoms with Crippen molar-refractivity contribution >= 4 is 5.91 Å². The molecule has 3 heteroatoms. The molecule has 1 fully saturated rings. The van der Waals surface area contributed by atoms with Crippen LogP contribution in [0.3, 0.4) is 0 Å². The van der Waals surface area contributed by atoms with Crippen molar-refractivity contribution < 1.29 is 4.79 Å². The van der Waals surface area contributed by atoms with Gasteiger partial charge in [-0.2, -0.15) is 0 Å². The second-order valence-corrected chi connectivity index (χ2v) is 6.93. The van der Waals surface area contributed by atoms with Crippen molar-refractivity contribution in [3.63, 3.8) is 0 Å². The van der Waals surface area contributed by atoms with Gasteiger partial charge in [-0.15, -0.1) is 0 Å². The van der Waals surface area contributed by atoms with E-state index in [2.05, 4.69) is 26.0 Å². The Morgan fingerprint density at radius 1 is 1.15 bits per heavy atom. The topological polar surface area (TPSA) is 46.3 Å². The van der Waals surface area contributed by atoms with Gasteiger partial charge in [-0.25, -0.2) is 0 Å². The van der Waals surface area contributed by atoms with Gasteiger partial charge < -0.3 is 10.6 Å². The highest BCUT2D eigenvalue weighted by Crippen LogP contribution is 2.31. The molecule has 108 valence electrons. The molecule has 3 nitrogen and oxygen atoms in total. The molecule has 2 N–H and O–H groups in total. The lowest BCUT2D eigenvalue weighted by Crippen LogP contribution is -2.58. The molecule has 2 atom stereocenters. The summed E-state index contributed by atoms with van der Waals surface area (Å²) in [6.07, 6.45) is 2.57. The normalized spacial score (nSPS) is 28.2. The number of hydrogen-bond acceptors (Lipinski definition) is 2. The number of carbonyl (C=O) groups is 1. The molecule has 0 aromatic heterocycles. The largest absolute Gasteiger partial charge is 0.341 e. The predicted octanol–water partition coefficient (Wildman–Crippen LogP) is 1.99. The zero-order chi connectivity index (χ0) is 14.3. The Labute approximate surface area is 121 Å². The fraction of sp³-hybridized carbons (Fsp3) is 0.588. The van der Waals surface area contributed by atoms with Gasteiger partial charge >= 0.3 is 0 Å². The Morgan fingerprint density at radius 3 is 2.15 bits per heavy atom. The molecule has 0 spiro atoms. The highest BCUT2D eigenvalue weighted by molar-refractivity contribution is 5.88. The number of rotatable bonds is 1. The molecule has 1 aromatic rings. The van der Waals surface area contributed by atoms with Crippen molar-refractivity contribution in [3.8, 4) is 0 Å². The van der Waals surface area contributed by atoms with Gasteiger partial charge in [0, 0.05) is 13.1 Å². The molecule has 1 heterocycles. The molecule has 1 aliphatic heterocycles. The minimum absolute atomic E-state index is 0.145. The predicted molar refractivity (Wildman–Crippen MR) is 80.3 cm³/mol. The van der Waals surface area contributed by atoms with Crippen LogP contribution in [-0.4, -0.2) is 29.4 Å². The third-order valence-corrected chi connectivity index (χ3v) is 4.71. The van der Waals surface area contributed by atoms with Gasteiger partial charge in [0.15, 0.2) is 0 Å². The smallest absolute Gasteiger partial charge is 0.243 e. The highest BCUT2D eigenvalue weighted by Gasteiger charge is 2.43. The number of piperidine rings is 1. The summed E-state index contributed by atoms with van der Waals surface area (Å²) in [6.45, 7) is 6.17. The van der Waals surface area contributed by atoms with Crippen LogP contribution in [-0.2, 0) is 17.6 Å². The Kier molecular flexibility index (Phi) is 3.33. The van der Waals surface area contributed by atoms with Crippen LogP contribution in [0.1, 0.15) is 31.4 Å². The van der Waals surface area contributed by atoms with Gasteiger partial charge in [0.25, 0.3) is 0 Å². The lowest BCUT2D eigenvalue weighted by Gasteiger charge is -2.39. The molecule has 0 unspecified atom stereocenters. The Bertz CT molecular complexity index is 490. The fourth-order valence-electron chi connectivity index (χ4n) is 3.94. The maximum atomic E-state index is 12.9. The minimum Gasteiger partial charge on any atom is -0.341 e. The van der Waals surface area contributed by atoms with Gasteiger partial charge in [-0.05, 0) is 42.2 Å². The summed E-state index contributed by atoms with van der Waals surface area (Å²) >= 11 is 0. The van der Waals surface area contributed by atoms with Crippen LogP contribution in [0.25, 0.3) is 0 Å². The van der Waals surface area contributed by atoms with Crippen molar-refractivity contribution in [1.82, 2.24) is 4.90 Å². The van der Waals surface area contributed by atoms with Gasteiger partial charge in [-0.1, -0.05) is 38.1 Å². The number of benzene rings is 1. The first-order valence-electron chi connectivity index (χ1n) is 7.63. The summed E-state index contributed by atoms with van der Waals surface area (Å²) in [5.74, 6) is 1.30. The molecule has 0 radical (unpaired) electrons. The summed E-state index contributed by atoms with van der Waals surface area (Å²) in [6, 6.07) is 8.25. The highest BCUT2D eigenvalue weighted by atomic mass is 16.2. The van der Waals surface area contributed by atoms with E-state index >= 15 is 0 Å². The molecule has 2 aliphatic rings. The molecule has 1 saturated heterocycles. The molecular weight excluding hydrogens is 248 g/mol. The fourth-order valence-corrected chi connectivity index (χ4v) is 3.94. The van der Waals surface area contributed by atoms with Gasteiger partial charge in [0.1, 0.15) is 5.54 Å². The van der Waals surface area contributed by atoms with E-state index in [-0.39, 0.29) is 5.91 Å². The van der Waals surface area contributed by atoms with E-state index in [9.17, 15) is 4.79 Å². The summed E-state index contributed by atoms with van der Waals surface area (Å²) in [5, 5.41) is 0. The van der Waals surface area contributed by atoms with Crippen LogP contribution in [0.15, 0.2) is 24.3 Å². The zero-order valence-corrected chi connectivity index (χ0v) is 12.4. The first kappa shape index (κ1) is 13.6. The number of likely N-dealkylation sites (tertiary alicyclic amines) is 1. The van der Waals surface area contributed by atoms with E-state index in [1.54, 1.807) is 0 Å². The molecule has 3 rings (SSSR count). The van der Waals surface area contributed by atoms with Gasteiger partial charge in [-0.3, -0.25) is 4.79 Å². The van der Waals surface area contributed by atoms with E-state index in [1.165, 1.54) is 17.5 Å². The number of nitrogens with two attached hydrogens (primary N) is 1. The monoisotopic (exact) mass is 272 g/mol. The maximum Gasteiger partial charge on any atom is 0.243 e. The lowest BCUT2D eigenvalue weighted by molar-refractivity contribution is -0.139. The molecule has 20 heavy (non-hydrogen) atoms. The molecule has 0 saturated carbocycles. The first-order valence-corrected chi connectivity index (χ1v) is 7.63. The zero-order valence-electron chi connectivity index (χ0n) is 12.4. The Balaban J connectivity index is 1.78. The maximum absolute atomic E-state index is 12.9. The summed E-state index contributed by atoms with van der Waals surface area (Å²) in [4.78, 5) is 14.9. The Hall–Kier alpha value is -1.35. The van der Waals surface area contributed by atoms with Gasteiger partial charge in [0.05, 0.1) is 0 Å². The number of amides is 1. The SMILES string of the molecule is C[C@@H]1C[C@@H](C)CN(C(=O)C2(N)Cc3ccccc3C2)C1. The van der Waals surface area contributed by atoms with E-state index in [0.717, 1.165) is 13.1 Å². The van der Waals surface area contributed by atoms with Crippen LogP contribution in [0, 0.1) is 11.8 Å². The number of nitrogens with zero attached hydrogens (tertiary/aromatic N) is 1. The van der Waals surface area contributed by atoms with Crippen LogP contribution in [0.4, 0.5) is 0 Å². The third kappa shape index (κ3) is 2.35. The number of fused-ring (bicyclic) bond motifs is 1. The second kappa shape index (κ2) is 4.88. The van der Waals surface area contributed by atoms with E-state index in [1.807, 2.05) is 17.0 Å². The van der Waals surface area contributed by atoms with Crippen LogP contribution < -0.4 is 5.73 Å². The summed E-state index contributed by atoms with van der Waals surface area (Å²) < 4.78 is 0. The van der Waals surface area contributed by atoms with Crippen LogP contribution >= 0.6 is 0 Å². The average molecular weight is 272 g/mol. The number of hydrogen-bond donors (Lipinski definition) is 1. The van der Waals surface area contributed by atoms with E-state index in [0.29, 0.717) is 24.7 Å². The van der Waals surface area contributed by atoms with E-state index < -0.39 is 5.54 Å². The van der Waals surface area contributed by atoms with Crippen LogP contribution in [0.2, 0.25) is 0 Å². The molecule has 0 bridgehead atoms. The van der Waals surface area contributed by atoms with Crippen LogP contribution in [0.5, 0.6) is 0 Å². The molecule has 1 amide bonds. The Morgan fingerprint density at radius 2 is 1.65 bits per heavy atom. The standard InChI is InChI=1S/C17H24N2O/c1-12-7-13(2)11-19(10-12)16(20)17(18)8-14-5-3-4-6-15(14)9-17/h3-6,12-13H,7-11,18H2,1-2H3/t12-,13-/m1/s1. The lowest BCUT2D eigenvalue weighted by atomic mass is 9.88. The number of carbonyl (C=O) groups excluding carboxylic acids is 1. The van der Waals surface area contributed by atoms with Crippen molar-refractivity contribution in [3.05, 3.63) is 35.4 Å². The van der Waals surface area contributed by atoms with Crippen molar-refractivity contribution in [2.45, 2.75) is 38.6 Å². The average Bonchev–Trinajstić information content (AvgIpc) is 2.74.